The van der Waals surface area contributed by atoms with Crippen LogP contribution in [-0.4, -0.2) is 68.7 Å². The number of alkyl halides is 1. The van der Waals surface area contributed by atoms with Crippen molar-refractivity contribution in [3.63, 3.8) is 0 Å². The number of amides is 3. The minimum Gasteiger partial charge on any atom is -0.442 e. The Kier molecular flexibility index (Phi) is 5.48. The fourth-order valence-electron chi connectivity index (χ4n) is 2.73. The number of cyclic esters (lactones) is 1. The first kappa shape index (κ1) is 18.5. The fraction of sp³-hybridized carbons (Fsp3) is 0.375. The fourth-order valence-corrected chi connectivity index (χ4v) is 2.73. The minimum atomic E-state index is -1.15. The molecule has 9 nitrogen and oxygen atoms in total. The van der Waals surface area contributed by atoms with Gasteiger partial charge in [0.1, 0.15) is 18.3 Å². The Bertz CT molecular complexity index is 775. The lowest BCUT2D eigenvalue weighted by atomic mass is 10.2. The number of hydrogen-bond donors (Lipinski definition) is 1. The Morgan fingerprint density at radius 1 is 1.41 bits per heavy atom. The average molecular weight is 381 g/mol. The number of halogens is 2. The van der Waals surface area contributed by atoms with E-state index in [1.54, 1.807) is 11.0 Å². The molecule has 0 saturated carbocycles. The SMILES string of the molecule is O=CN1CCN(c2ccc(N3C[C@H](CNC(=O)CF)OC3=O)cc2F)C=N1. The largest absolute Gasteiger partial charge is 0.442 e. The van der Waals surface area contributed by atoms with Gasteiger partial charge in [-0.3, -0.25) is 14.5 Å². The van der Waals surface area contributed by atoms with Crippen molar-refractivity contribution >= 4 is 36.1 Å². The molecule has 1 atom stereocenters. The minimum absolute atomic E-state index is 0.0248. The quantitative estimate of drug-likeness (QED) is 0.723. The van der Waals surface area contributed by atoms with Crippen LogP contribution in [-0.2, 0) is 14.3 Å². The van der Waals surface area contributed by atoms with Gasteiger partial charge in [-0.15, -0.1) is 0 Å². The van der Waals surface area contributed by atoms with Gasteiger partial charge in [-0.05, 0) is 18.2 Å². The summed E-state index contributed by atoms with van der Waals surface area (Å²) in [6, 6.07) is 4.25. The number of nitrogens with one attached hydrogen (secondary N) is 1. The molecule has 1 aromatic rings. The maximum atomic E-state index is 14.5. The smallest absolute Gasteiger partial charge is 0.414 e. The van der Waals surface area contributed by atoms with E-state index in [2.05, 4.69) is 10.4 Å². The van der Waals surface area contributed by atoms with Crippen LogP contribution >= 0.6 is 0 Å². The first-order chi connectivity index (χ1) is 13.0. The molecule has 1 N–H and O–H groups in total. The molecule has 0 aliphatic carbocycles. The summed E-state index contributed by atoms with van der Waals surface area (Å²) >= 11 is 0. The normalized spacial score (nSPS) is 19.3. The lowest BCUT2D eigenvalue weighted by Crippen LogP contribution is -2.37. The third-order valence-electron chi connectivity index (χ3n) is 4.11. The van der Waals surface area contributed by atoms with E-state index in [-0.39, 0.29) is 18.8 Å². The molecule has 2 aliphatic rings. The zero-order chi connectivity index (χ0) is 19.4. The van der Waals surface area contributed by atoms with E-state index >= 15 is 0 Å². The summed E-state index contributed by atoms with van der Waals surface area (Å²) in [5.74, 6) is -1.36. The second kappa shape index (κ2) is 7.98. The zero-order valence-corrected chi connectivity index (χ0v) is 14.2. The van der Waals surface area contributed by atoms with E-state index in [4.69, 9.17) is 4.74 Å². The Morgan fingerprint density at radius 3 is 2.85 bits per heavy atom. The molecule has 0 aromatic heterocycles. The Labute approximate surface area is 153 Å². The van der Waals surface area contributed by atoms with E-state index in [1.807, 2.05) is 0 Å². The molecule has 2 heterocycles. The lowest BCUT2D eigenvalue weighted by molar-refractivity contribution is -0.122. The van der Waals surface area contributed by atoms with Gasteiger partial charge in [-0.25, -0.2) is 18.6 Å². The third-order valence-corrected chi connectivity index (χ3v) is 4.11. The van der Waals surface area contributed by atoms with Crippen molar-refractivity contribution in [2.24, 2.45) is 5.10 Å². The van der Waals surface area contributed by atoms with Gasteiger partial charge in [0.2, 0.25) is 6.41 Å². The van der Waals surface area contributed by atoms with Crippen LogP contribution < -0.4 is 15.1 Å². The predicted molar refractivity (Wildman–Crippen MR) is 91.6 cm³/mol. The molecule has 0 radical (unpaired) electrons. The summed E-state index contributed by atoms with van der Waals surface area (Å²) in [5, 5.41) is 7.36. The van der Waals surface area contributed by atoms with E-state index < -0.39 is 30.6 Å². The van der Waals surface area contributed by atoms with Gasteiger partial charge in [0.25, 0.3) is 5.91 Å². The molecular weight excluding hydrogens is 364 g/mol. The monoisotopic (exact) mass is 381 g/mol. The lowest BCUT2D eigenvalue weighted by Gasteiger charge is -2.27. The highest BCUT2D eigenvalue weighted by Crippen LogP contribution is 2.28. The second-order valence-corrected chi connectivity index (χ2v) is 5.88. The molecule has 27 heavy (non-hydrogen) atoms. The van der Waals surface area contributed by atoms with Crippen LogP contribution in [0.3, 0.4) is 0 Å². The Morgan fingerprint density at radius 2 is 2.22 bits per heavy atom. The molecule has 1 aromatic carbocycles. The molecule has 0 spiro atoms. The van der Waals surface area contributed by atoms with Crippen LogP contribution in [0.25, 0.3) is 0 Å². The van der Waals surface area contributed by atoms with Crippen LogP contribution in [0.15, 0.2) is 23.3 Å². The first-order valence-corrected chi connectivity index (χ1v) is 8.15. The van der Waals surface area contributed by atoms with Gasteiger partial charge < -0.3 is 15.0 Å². The summed E-state index contributed by atoms with van der Waals surface area (Å²) in [6.45, 7) is -0.374. The molecule has 3 rings (SSSR count). The van der Waals surface area contributed by atoms with Crippen molar-refractivity contribution in [3.05, 3.63) is 24.0 Å². The molecule has 1 fully saturated rings. The van der Waals surface area contributed by atoms with E-state index in [1.165, 1.54) is 28.4 Å². The zero-order valence-electron chi connectivity index (χ0n) is 14.2. The highest BCUT2D eigenvalue weighted by atomic mass is 19.1. The van der Waals surface area contributed by atoms with Crippen molar-refractivity contribution in [2.45, 2.75) is 6.10 Å². The third kappa shape index (κ3) is 4.13. The highest BCUT2D eigenvalue weighted by molar-refractivity contribution is 5.90. The van der Waals surface area contributed by atoms with Gasteiger partial charge in [-0.1, -0.05) is 0 Å². The summed E-state index contributed by atoms with van der Waals surface area (Å²) < 4.78 is 31.8. The standard InChI is InChI=1S/C16H17F2N5O4/c17-6-15(25)19-7-12-8-23(16(26)27-12)11-1-2-14(13(18)5-11)21-3-4-22(10-24)20-9-21/h1-2,5,9-10,12H,3-4,6-8H2,(H,19,25)/t12-/m0/s1. The van der Waals surface area contributed by atoms with Gasteiger partial charge in [0, 0.05) is 6.54 Å². The van der Waals surface area contributed by atoms with E-state index in [0.717, 1.165) is 0 Å². The Balaban J connectivity index is 1.68. The summed E-state index contributed by atoms with van der Waals surface area (Å²) in [7, 11) is 0. The van der Waals surface area contributed by atoms with Crippen LogP contribution in [0.1, 0.15) is 0 Å². The van der Waals surface area contributed by atoms with Crippen LogP contribution in [0.5, 0.6) is 0 Å². The van der Waals surface area contributed by atoms with Crippen LogP contribution in [0, 0.1) is 5.82 Å². The topological polar surface area (TPSA) is 94.5 Å². The number of nitrogens with zero attached hydrogens (tertiary/aromatic N) is 4. The van der Waals surface area contributed by atoms with Gasteiger partial charge >= 0.3 is 6.09 Å². The number of ether oxygens (including phenoxy) is 1. The number of rotatable bonds is 6. The maximum absolute atomic E-state index is 14.5. The summed E-state index contributed by atoms with van der Waals surface area (Å²) in [6.07, 6.45) is 0.602. The van der Waals surface area contributed by atoms with Crippen molar-refractivity contribution in [3.8, 4) is 0 Å². The molecule has 3 amide bonds. The Hall–Kier alpha value is -3.24. The van der Waals surface area contributed by atoms with Crippen molar-refractivity contribution in [1.29, 1.82) is 0 Å². The number of hydrogen-bond acceptors (Lipinski definition) is 6. The number of hydrazone groups is 1. The molecule has 0 unspecified atom stereocenters. The maximum Gasteiger partial charge on any atom is 0.414 e. The molecule has 144 valence electrons. The average Bonchev–Trinajstić information content (AvgIpc) is 3.06. The van der Waals surface area contributed by atoms with E-state index in [9.17, 15) is 23.2 Å². The first-order valence-electron chi connectivity index (χ1n) is 8.15. The van der Waals surface area contributed by atoms with Crippen molar-refractivity contribution < 1.29 is 27.9 Å². The van der Waals surface area contributed by atoms with Crippen LogP contribution in [0.2, 0.25) is 0 Å². The van der Waals surface area contributed by atoms with Crippen LogP contribution in [0.4, 0.5) is 25.0 Å². The van der Waals surface area contributed by atoms with Crippen molar-refractivity contribution in [2.75, 3.05) is 42.7 Å². The molecule has 2 aliphatic heterocycles. The predicted octanol–water partition coefficient (Wildman–Crippen LogP) is 0.458. The van der Waals surface area contributed by atoms with Gasteiger partial charge in [0.15, 0.2) is 6.67 Å². The molecule has 1 saturated heterocycles. The highest BCUT2D eigenvalue weighted by Gasteiger charge is 2.33. The second-order valence-electron chi connectivity index (χ2n) is 5.88. The molecule has 11 heteroatoms. The number of anilines is 2. The number of benzene rings is 1. The number of carbonyl (C=O) groups is 3. The summed E-state index contributed by atoms with van der Waals surface area (Å²) in [4.78, 5) is 36.4. The van der Waals surface area contributed by atoms with Crippen molar-refractivity contribution in [1.82, 2.24) is 10.3 Å². The van der Waals surface area contributed by atoms with Gasteiger partial charge in [-0.2, -0.15) is 5.10 Å². The van der Waals surface area contributed by atoms with E-state index in [0.29, 0.717) is 25.2 Å². The molecular formula is C16H17F2N5O4. The number of carbonyl (C=O) groups excluding carboxylic acids is 3. The molecule has 0 bridgehead atoms. The summed E-state index contributed by atoms with van der Waals surface area (Å²) in [5.41, 5.74) is 0.552. The van der Waals surface area contributed by atoms with Gasteiger partial charge in [0.05, 0.1) is 31.0 Å².